The van der Waals surface area contributed by atoms with Gasteiger partial charge in [0.05, 0.1) is 11.8 Å². The summed E-state index contributed by atoms with van der Waals surface area (Å²) in [7, 11) is 1.89. The van der Waals surface area contributed by atoms with E-state index in [4.69, 9.17) is 9.47 Å². The van der Waals surface area contributed by atoms with E-state index in [0.717, 1.165) is 5.56 Å². The lowest BCUT2D eigenvalue weighted by atomic mass is 10.2. The number of fused-ring (bicyclic) bond motifs is 1. The van der Waals surface area contributed by atoms with Gasteiger partial charge >= 0.3 is 0 Å². The van der Waals surface area contributed by atoms with E-state index in [9.17, 15) is 4.79 Å². The first kappa shape index (κ1) is 16.2. The highest BCUT2D eigenvalue weighted by atomic mass is 127. The van der Waals surface area contributed by atoms with Crippen LogP contribution in [0.1, 0.15) is 15.9 Å². The highest BCUT2D eigenvalue weighted by molar-refractivity contribution is 14.0. The van der Waals surface area contributed by atoms with Crippen molar-refractivity contribution in [2.24, 2.45) is 12.1 Å². The third-order valence-electron chi connectivity index (χ3n) is 3.02. The summed E-state index contributed by atoms with van der Waals surface area (Å²) in [5.41, 5.74) is 3.85. The van der Waals surface area contributed by atoms with Crippen LogP contribution in [0, 0.1) is 0 Å². The van der Waals surface area contributed by atoms with E-state index in [1.807, 2.05) is 23.7 Å². The molecule has 0 unspecified atom stereocenters. The van der Waals surface area contributed by atoms with Gasteiger partial charge in [-0.25, -0.2) is 9.99 Å². The van der Waals surface area contributed by atoms with Gasteiger partial charge in [0, 0.05) is 12.1 Å². The first-order valence-corrected chi connectivity index (χ1v) is 6.41. The van der Waals surface area contributed by atoms with E-state index >= 15 is 0 Å². The van der Waals surface area contributed by atoms with Crippen LogP contribution in [0.3, 0.4) is 0 Å². The summed E-state index contributed by atoms with van der Waals surface area (Å²) >= 11 is 0. The van der Waals surface area contributed by atoms with Gasteiger partial charge < -0.3 is 9.47 Å². The molecule has 7 heteroatoms. The van der Waals surface area contributed by atoms with Crippen molar-refractivity contribution in [3.05, 3.63) is 53.9 Å². The smallest absolute Gasteiger partial charge is 0.271 e. The van der Waals surface area contributed by atoms with Crippen molar-refractivity contribution in [1.29, 1.82) is 0 Å². The molecule has 114 valence electrons. The first-order chi connectivity index (χ1) is 10.2. The lowest BCUT2D eigenvalue weighted by Crippen LogP contribution is -2.27. The van der Waals surface area contributed by atoms with Gasteiger partial charge in [-0.3, -0.25) is 4.79 Å². The molecule has 0 saturated heterocycles. The quantitative estimate of drug-likeness (QED) is 0.361. The fourth-order valence-corrected chi connectivity index (χ4v) is 1.88. The number of amides is 1. The second-order valence-electron chi connectivity index (χ2n) is 4.56. The topological polar surface area (TPSA) is 63.8 Å². The van der Waals surface area contributed by atoms with E-state index in [-0.39, 0.29) is 36.7 Å². The average molecular weight is 412 g/mol. The molecule has 0 bridgehead atoms. The van der Waals surface area contributed by atoms with Crippen LogP contribution in [0.2, 0.25) is 0 Å². The van der Waals surface area contributed by atoms with Crippen molar-refractivity contribution in [2.75, 3.05) is 6.79 Å². The van der Waals surface area contributed by atoms with Crippen LogP contribution < -0.4 is 19.5 Å². The molecule has 0 fully saturated rings. The maximum atomic E-state index is 11.9. The molecule has 1 aliphatic heterocycles. The number of pyridine rings is 1. The summed E-state index contributed by atoms with van der Waals surface area (Å²) in [5.74, 6) is 1.14. The molecule has 1 N–H and O–H groups in total. The molecule has 0 radical (unpaired) electrons. The van der Waals surface area contributed by atoms with Crippen molar-refractivity contribution in [3.63, 3.8) is 0 Å². The number of aryl methyl sites for hydroxylation is 1. The molecule has 6 nitrogen and oxygen atoms in total. The zero-order chi connectivity index (χ0) is 14.7. The molecule has 22 heavy (non-hydrogen) atoms. The van der Waals surface area contributed by atoms with Crippen molar-refractivity contribution in [1.82, 2.24) is 5.43 Å². The number of benzene rings is 1. The Kier molecular flexibility index (Phi) is 5.31. The molecule has 1 amide bonds. The SMILES string of the molecule is C[n+]1ccc(C(=O)N/N=C/c2ccc3c(c2)OCO3)cc1.I. The molecule has 0 spiro atoms. The second kappa shape index (κ2) is 7.21. The summed E-state index contributed by atoms with van der Waals surface area (Å²) < 4.78 is 12.4. The minimum absolute atomic E-state index is 0. The van der Waals surface area contributed by atoms with Crippen molar-refractivity contribution in [2.45, 2.75) is 0 Å². The number of ether oxygens (including phenoxy) is 2. The van der Waals surface area contributed by atoms with E-state index in [2.05, 4.69) is 10.5 Å². The predicted octanol–water partition coefficient (Wildman–Crippen LogP) is 1.62. The fraction of sp³-hybridized carbons (Fsp3) is 0.133. The number of halogens is 1. The molecule has 1 aromatic heterocycles. The van der Waals surface area contributed by atoms with E-state index in [1.165, 1.54) is 0 Å². The average Bonchev–Trinajstić information content (AvgIpc) is 2.95. The number of carbonyl (C=O) groups excluding carboxylic acids is 1. The zero-order valence-corrected chi connectivity index (χ0v) is 14.2. The number of nitrogens with one attached hydrogen (secondary N) is 1. The zero-order valence-electron chi connectivity index (χ0n) is 11.9. The van der Waals surface area contributed by atoms with E-state index in [1.54, 1.807) is 36.8 Å². The lowest BCUT2D eigenvalue weighted by molar-refractivity contribution is -0.671. The van der Waals surface area contributed by atoms with Crippen LogP contribution in [-0.4, -0.2) is 18.9 Å². The number of hydrazone groups is 1. The Hall–Kier alpha value is -2.16. The fourth-order valence-electron chi connectivity index (χ4n) is 1.88. The molecule has 0 aliphatic carbocycles. The van der Waals surface area contributed by atoms with Gasteiger partial charge in [-0.05, 0) is 23.8 Å². The number of hydrogen-bond acceptors (Lipinski definition) is 4. The van der Waals surface area contributed by atoms with Crippen molar-refractivity contribution < 1.29 is 18.8 Å². The largest absolute Gasteiger partial charge is 0.454 e. The number of carbonyl (C=O) groups is 1. The summed E-state index contributed by atoms with van der Waals surface area (Å²) in [6.07, 6.45) is 5.16. The Morgan fingerprint density at radius 1 is 1.23 bits per heavy atom. The van der Waals surface area contributed by atoms with Gasteiger partial charge in [0.2, 0.25) is 6.79 Å². The van der Waals surface area contributed by atoms with Crippen LogP contribution in [0.25, 0.3) is 0 Å². The maximum Gasteiger partial charge on any atom is 0.271 e. The normalized spacial score (nSPS) is 12.0. The highest BCUT2D eigenvalue weighted by Gasteiger charge is 2.12. The van der Waals surface area contributed by atoms with Crippen molar-refractivity contribution in [3.8, 4) is 11.5 Å². The standard InChI is InChI=1S/C15H13N3O3.HI/c1-18-6-4-12(5-7-18)15(19)17-16-9-11-2-3-13-14(8-11)21-10-20-13;/h2-9H,10H2,1H3;1H/p+1. The predicted molar refractivity (Wildman–Crippen MR) is 90.7 cm³/mol. The van der Waals surface area contributed by atoms with Gasteiger partial charge in [-0.15, -0.1) is 24.0 Å². The number of rotatable bonds is 3. The number of nitrogens with zero attached hydrogens (tertiary/aromatic N) is 2. The van der Waals surface area contributed by atoms with Crippen LogP contribution >= 0.6 is 24.0 Å². The summed E-state index contributed by atoms with van der Waals surface area (Å²) in [4.78, 5) is 11.9. The third-order valence-corrected chi connectivity index (χ3v) is 3.02. The molecule has 3 rings (SSSR count). The molecular formula is C15H15IN3O3+. The van der Waals surface area contributed by atoms with Crippen LogP contribution in [0.15, 0.2) is 47.8 Å². The van der Waals surface area contributed by atoms with Gasteiger partial charge in [-0.1, -0.05) is 0 Å². The minimum Gasteiger partial charge on any atom is -0.454 e. The molecular weight excluding hydrogens is 397 g/mol. The van der Waals surface area contributed by atoms with Crippen molar-refractivity contribution >= 4 is 36.1 Å². The molecule has 1 aromatic carbocycles. The number of aromatic nitrogens is 1. The third kappa shape index (κ3) is 3.73. The van der Waals surface area contributed by atoms with Gasteiger partial charge in [0.25, 0.3) is 5.91 Å². The van der Waals surface area contributed by atoms with Gasteiger partial charge in [0.1, 0.15) is 7.05 Å². The monoisotopic (exact) mass is 412 g/mol. The Labute approximate surface area is 144 Å². The van der Waals surface area contributed by atoms with Crippen LogP contribution in [0.5, 0.6) is 11.5 Å². The lowest BCUT2D eigenvalue weighted by Gasteiger charge is -1.99. The summed E-state index contributed by atoms with van der Waals surface area (Å²) in [5, 5.41) is 3.94. The Balaban J connectivity index is 0.00000176. The molecule has 0 saturated carbocycles. The molecule has 0 atom stereocenters. The van der Waals surface area contributed by atoms with E-state index in [0.29, 0.717) is 17.1 Å². The minimum atomic E-state index is -0.257. The van der Waals surface area contributed by atoms with Gasteiger partial charge in [0.15, 0.2) is 23.9 Å². The molecule has 1 aliphatic rings. The summed E-state index contributed by atoms with van der Waals surface area (Å²) in [6.45, 7) is 0.234. The molecule has 2 aromatic rings. The first-order valence-electron chi connectivity index (χ1n) is 6.41. The highest BCUT2D eigenvalue weighted by Crippen LogP contribution is 2.31. The maximum absolute atomic E-state index is 11.9. The Bertz CT molecular complexity index is 702. The number of hydrogen-bond donors (Lipinski definition) is 1. The van der Waals surface area contributed by atoms with Gasteiger partial charge in [-0.2, -0.15) is 5.10 Å². The second-order valence-corrected chi connectivity index (χ2v) is 4.56. The Morgan fingerprint density at radius 2 is 1.95 bits per heavy atom. The Morgan fingerprint density at radius 3 is 2.73 bits per heavy atom. The molecule has 2 heterocycles. The van der Waals surface area contributed by atoms with E-state index < -0.39 is 0 Å². The van der Waals surface area contributed by atoms with Crippen LogP contribution in [-0.2, 0) is 7.05 Å². The van der Waals surface area contributed by atoms with Crippen LogP contribution in [0.4, 0.5) is 0 Å². The summed E-state index contributed by atoms with van der Waals surface area (Å²) in [6, 6.07) is 8.91.